The average molecular weight is 160 g/mol. The van der Waals surface area contributed by atoms with Gasteiger partial charge in [-0.2, -0.15) is 0 Å². The quantitative estimate of drug-likeness (QED) is 0.594. The minimum Gasteiger partial charge on any atom is -0.353 e. The third-order valence-corrected chi connectivity index (χ3v) is 1.82. The fourth-order valence-corrected chi connectivity index (χ4v) is 1.19. The first-order chi connectivity index (χ1) is 5.34. The molecule has 2 N–H and O–H groups in total. The van der Waals surface area contributed by atoms with E-state index in [0.717, 1.165) is 19.5 Å². The number of amides is 1. The Labute approximate surface area is 65.3 Å². The van der Waals surface area contributed by atoms with E-state index in [-0.39, 0.29) is 18.4 Å². The third kappa shape index (κ3) is 2.46. The van der Waals surface area contributed by atoms with E-state index in [1.54, 1.807) is 0 Å². The van der Waals surface area contributed by atoms with E-state index in [9.17, 15) is 9.18 Å². The molecule has 0 spiro atoms. The Morgan fingerprint density at radius 3 is 3.09 bits per heavy atom. The Balaban J connectivity index is 2.17. The van der Waals surface area contributed by atoms with E-state index >= 15 is 0 Å². The third-order valence-electron chi connectivity index (χ3n) is 1.82. The van der Waals surface area contributed by atoms with Crippen LogP contribution in [0.2, 0.25) is 0 Å². The van der Waals surface area contributed by atoms with Crippen molar-refractivity contribution in [1.82, 2.24) is 10.6 Å². The lowest BCUT2D eigenvalue weighted by Crippen LogP contribution is -2.33. The molecule has 0 saturated carbocycles. The highest BCUT2D eigenvalue weighted by atomic mass is 19.1. The van der Waals surface area contributed by atoms with Gasteiger partial charge in [0.25, 0.3) is 0 Å². The van der Waals surface area contributed by atoms with Crippen molar-refractivity contribution in [3.05, 3.63) is 0 Å². The molecule has 11 heavy (non-hydrogen) atoms. The summed E-state index contributed by atoms with van der Waals surface area (Å²) in [7, 11) is 0. The van der Waals surface area contributed by atoms with Gasteiger partial charge in [0.1, 0.15) is 6.67 Å². The number of rotatable bonds is 3. The Bertz CT molecular complexity index is 134. The second kappa shape index (κ2) is 4.28. The van der Waals surface area contributed by atoms with Crippen LogP contribution in [0, 0.1) is 5.92 Å². The number of halogens is 1. The standard InChI is InChI=1S/C7H13FN2O/c8-2-4-10-7(11)6-1-3-9-5-6/h6,9H,1-5H2,(H,10,11). The van der Waals surface area contributed by atoms with Crippen molar-refractivity contribution in [1.29, 1.82) is 0 Å². The van der Waals surface area contributed by atoms with Crippen LogP contribution in [0.15, 0.2) is 0 Å². The molecule has 0 aromatic heterocycles. The molecule has 0 radical (unpaired) electrons. The van der Waals surface area contributed by atoms with Gasteiger partial charge in [0.2, 0.25) is 5.91 Å². The molecular formula is C7H13FN2O. The molecule has 1 aliphatic heterocycles. The van der Waals surface area contributed by atoms with Gasteiger partial charge < -0.3 is 10.6 Å². The van der Waals surface area contributed by atoms with Gasteiger partial charge in [-0.25, -0.2) is 4.39 Å². The fraction of sp³-hybridized carbons (Fsp3) is 0.857. The van der Waals surface area contributed by atoms with E-state index in [0.29, 0.717) is 0 Å². The lowest BCUT2D eigenvalue weighted by Gasteiger charge is -2.07. The van der Waals surface area contributed by atoms with Crippen LogP contribution in [0.25, 0.3) is 0 Å². The molecule has 4 heteroatoms. The van der Waals surface area contributed by atoms with E-state index in [4.69, 9.17) is 0 Å². The zero-order valence-electron chi connectivity index (χ0n) is 6.40. The molecule has 1 fully saturated rings. The number of alkyl halides is 1. The molecule has 1 aliphatic rings. The molecule has 0 aliphatic carbocycles. The van der Waals surface area contributed by atoms with Crippen LogP contribution in [0.3, 0.4) is 0 Å². The van der Waals surface area contributed by atoms with Gasteiger partial charge in [0.15, 0.2) is 0 Å². The number of hydrogen-bond donors (Lipinski definition) is 2. The molecular weight excluding hydrogens is 147 g/mol. The molecule has 0 aromatic rings. The van der Waals surface area contributed by atoms with E-state index in [2.05, 4.69) is 10.6 Å². The monoisotopic (exact) mass is 160 g/mol. The zero-order valence-corrected chi connectivity index (χ0v) is 6.40. The maximum Gasteiger partial charge on any atom is 0.224 e. The number of carbonyl (C=O) groups excluding carboxylic acids is 1. The second-order valence-corrected chi connectivity index (χ2v) is 2.67. The van der Waals surface area contributed by atoms with Gasteiger partial charge >= 0.3 is 0 Å². The van der Waals surface area contributed by atoms with Gasteiger partial charge in [-0.05, 0) is 13.0 Å². The van der Waals surface area contributed by atoms with Crippen molar-refractivity contribution in [2.75, 3.05) is 26.3 Å². The maximum absolute atomic E-state index is 11.6. The summed E-state index contributed by atoms with van der Waals surface area (Å²) in [6, 6.07) is 0. The second-order valence-electron chi connectivity index (χ2n) is 2.67. The van der Waals surface area contributed by atoms with Crippen molar-refractivity contribution >= 4 is 5.91 Å². The number of nitrogens with one attached hydrogen (secondary N) is 2. The molecule has 0 aromatic carbocycles. The predicted octanol–water partition coefficient (Wildman–Crippen LogP) is -0.318. The highest BCUT2D eigenvalue weighted by Crippen LogP contribution is 2.06. The molecule has 0 bridgehead atoms. The molecule has 1 amide bonds. The van der Waals surface area contributed by atoms with Crippen molar-refractivity contribution < 1.29 is 9.18 Å². The van der Waals surface area contributed by atoms with Crippen LogP contribution in [0.4, 0.5) is 4.39 Å². The highest BCUT2D eigenvalue weighted by molar-refractivity contribution is 5.79. The largest absolute Gasteiger partial charge is 0.353 e. The lowest BCUT2D eigenvalue weighted by atomic mass is 10.1. The van der Waals surface area contributed by atoms with Gasteiger partial charge in [0, 0.05) is 13.1 Å². The Hall–Kier alpha value is -0.640. The average Bonchev–Trinajstić information content (AvgIpc) is 2.52. The molecule has 1 unspecified atom stereocenters. The van der Waals surface area contributed by atoms with Crippen LogP contribution in [0.1, 0.15) is 6.42 Å². The molecule has 1 atom stereocenters. The maximum atomic E-state index is 11.6. The van der Waals surface area contributed by atoms with E-state index in [1.165, 1.54) is 0 Å². The first-order valence-corrected chi connectivity index (χ1v) is 3.89. The van der Waals surface area contributed by atoms with Gasteiger partial charge in [0.05, 0.1) is 5.92 Å². The molecule has 1 saturated heterocycles. The Morgan fingerprint density at radius 1 is 1.73 bits per heavy atom. The molecule has 1 rings (SSSR count). The fourth-order valence-electron chi connectivity index (χ4n) is 1.19. The highest BCUT2D eigenvalue weighted by Gasteiger charge is 2.21. The molecule has 1 heterocycles. The molecule has 3 nitrogen and oxygen atoms in total. The SMILES string of the molecule is O=C(NCCF)C1CCNC1. The van der Waals surface area contributed by atoms with Gasteiger partial charge in [-0.1, -0.05) is 0 Å². The minimum atomic E-state index is -0.480. The number of hydrogen-bond acceptors (Lipinski definition) is 2. The summed E-state index contributed by atoms with van der Waals surface area (Å²) in [6.45, 7) is 1.30. The van der Waals surface area contributed by atoms with Crippen LogP contribution in [-0.2, 0) is 4.79 Å². The van der Waals surface area contributed by atoms with Crippen LogP contribution in [0.5, 0.6) is 0 Å². The summed E-state index contributed by atoms with van der Waals surface area (Å²) in [5.41, 5.74) is 0. The van der Waals surface area contributed by atoms with Gasteiger partial charge in [-0.3, -0.25) is 4.79 Å². The summed E-state index contributed by atoms with van der Waals surface area (Å²) < 4.78 is 11.6. The summed E-state index contributed by atoms with van der Waals surface area (Å²) in [5.74, 6) is 0.0363. The summed E-state index contributed by atoms with van der Waals surface area (Å²) in [4.78, 5) is 11.1. The summed E-state index contributed by atoms with van der Waals surface area (Å²) in [5, 5.41) is 5.60. The molecule has 64 valence electrons. The van der Waals surface area contributed by atoms with E-state index < -0.39 is 6.67 Å². The number of carbonyl (C=O) groups is 1. The van der Waals surface area contributed by atoms with Crippen LogP contribution >= 0.6 is 0 Å². The predicted molar refractivity (Wildman–Crippen MR) is 40.0 cm³/mol. The van der Waals surface area contributed by atoms with Crippen LogP contribution < -0.4 is 10.6 Å². The Morgan fingerprint density at radius 2 is 2.55 bits per heavy atom. The van der Waals surface area contributed by atoms with Crippen molar-refractivity contribution in [3.63, 3.8) is 0 Å². The minimum absolute atomic E-state index is 0.0207. The topological polar surface area (TPSA) is 41.1 Å². The first-order valence-electron chi connectivity index (χ1n) is 3.89. The van der Waals surface area contributed by atoms with Crippen LogP contribution in [-0.4, -0.2) is 32.2 Å². The van der Waals surface area contributed by atoms with Crippen molar-refractivity contribution in [2.24, 2.45) is 5.92 Å². The normalized spacial score (nSPS) is 23.5. The van der Waals surface area contributed by atoms with Gasteiger partial charge in [-0.15, -0.1) is 0 Å². The Kier molecular flexibility index (Phi) is 3.29. The smallest absolute Gasteiger partial charge is 0.224 e. The lowest BCUT2D eigenvalue weighted by molar-refractivity contribution is -0.124. The van der Waals surface area contributed by atoms with E-state index in [1.807, 2.05) is 0 Å². The first kappa shape index (κ1) is 8.46. The van der Waals surface area contributed by atoms with Crippen molar-refractivity contribution in [3.8, 4) is 0 Å². The van der Waals surface area contributed by atoms with Crippen molar-refractivity contribution in [2.45, 2.75) is 6.42 Å². The summed E-state index contributed by atoms with van der Waals surface area (Å²) >= 11 is 0. The zero-order chi connectivity index (χ0) is 8.10. The summed E-state index contributed by atoms with van der Waals surface area (Å²) in [6.07, 6.45) is 0.873.